The third-order valence-corrected chi connectivity index (χ3v) is 3.98. The van der Waals surface area contributed by atoms with Crippen molar-refractivity contribution in [3.05, 3.63) is 89.5 Å². The fourth-order valence-corrected chi connectivity index (χ4v) is 2.63. The molecule has 3 rings (SSSR count). The molecule has 0 amide bonds. The lowest BCUT2D eigenvalue weighted by Gasteiger charge is -2.25. The second kappa shape index (κ2) is 9.32. The molecule has 1 aliphatic heterocycles. The second-order valence-corrected chi connectivity index (χ2v) is 5.76. The van der Waals surface area contributed by atoms with Crippen molar-refractivity contribution in [1.29, 1.82) is 0 Å². The van der Waals surface area contributed by atoms with Gasteiger partial charge in [-0.15, -0.1) is 0 Å². The van der Waals surface area contributed by atoms with Crippen LogP contribution in [0.25, 0.3) is 5.57 Å². The van der Waals surface area contributed by atoms with Crippen LogP contribution < -0.4 is 5.43 Å². The number of hydrogen-bond donors (Lipinski definition) is 1. The molecule has 2 aromatic rings. The van der Waals surface area contributed by atoms with Gasteiger partial charge in [0.25, 0.3) is 5.76 Å². The van der Waals surface area contributed by atoms with E-state index < -0.39 is 5.97 Å². The fourth-order valence-electron chi connectivity index (χ4n) is 2.63. The number of hydrazine groups is 1. The van der Waals surface area contributed by atoms with Crippen LogP contribution in [0.15, 0.2) is 83.5 Å². The summed E-state index contributed by atoms with van der Waals surface area (Å²) in [5.41, 5.74) is 4.86. The Morgan fingerprint density at radius 3 is 1.97 bits per heavy atom. The van der Waals surface area contributed by atoms with E-state index in [1.807, 2.05) is 60.7 Å². The van der Waals surface area contributed by atoms with Gasteiger partial charge in [-0.3, -0.25) is 0 Å². The maximum atomic E-state index is 12.7. The highest BCUT2D eigenvalue weighted by Gasteiger charge is 2.26. The lowest BCUT2D eigenvalue weighted by Crippen LogP contribution is -2.39. The highest BCUT2D eigenvalue weighted by molar-refractivity contribution is 6.00. The summed E-state index contributed by atoms with van der Waals surface area (Å²) < 4.78 is 15.3. The Bertz CT molecular complexity index is 898. The number of nitrogens with one attached hydrogen (secondary N) is 1. The van der Waals surface area contributed by atoms with Crippen LogP contribution in [0.1, 0.15) is 11.1 Å². The van der Waals surface area contributed by atoms with E-state index in [1.54, 1.807) is 0 Å². The van der Waals surface area contributed by atoms with Crippen LogP contribution in [0.4, 0.5) is 0 Å². The first-order chi connectivity index (χ1) is 14.2. The van der Waals surface area contributed by atoms with E-state index in [2.05, 4.69) is 10.5 Å². The minimum atomic E-state index is -0.669. The van der Waals surface area contributed by atoms with E-state index in [-0.39, 0.29) is 11.7 Å². The summed E-state index contributed by atoms with van der Waals surface area (Å²) in [7, 11) is 4.22. The topological polar surface area (TPSA) is 81.6 Å². The molecule has 0 fully saturated rings. The van der Waals surface area contributed by atoms with Crippen LogP contribution >= 0.6 is 0 Å². The summed E-state index contributed by atoms with van der Waals surface area (Å²) in [6, 6.07) is 18.8. The van der Waals surface area contributed by atoms with Crippen LogP contribution in [0.5, 0.6) is 0 Å². The molecule has 1 N–H and O–H groups in total. The zero-order valence-corrected chi connectivity index (χ0v) is 16.3. The molecule has 8 nitrogen and oxygen atoms in total. The molecule has 8 heteroatoms. The van der Waals surface area contributed by atoms with Crippen molar-refractivity contribution < 1.29 is 23.8 Å². The third-order valence-electron chi connectivity index (χ3n) is 3.98. The minimum absolute atomic E-state index is 0.0612. The van der Waals surface area contributed by atoms with E-state index in [4.69, 9.17) is 19.0 Å². The van der Waals surface area contributed by atoms with E-state index in [0.717, 1.165) is 16.4 Å². The number of carbonyl (C=O) groups is 1. The van der Waals surface area contributed by atoms with Gasteiger partial charge in [0.2, 0.25) is 11.8 Å². The normalized spacial score (nSPS) is 12.7. The van der Waals surface area contributed by atoms with Crippen molar-refractivity contribution >= 4 is 17.4 Å². The van der Waals surface area contributed by atoms with Gasteiger partial charge in [-0.1, -0.05) is 65.8 Å². The second-order valence-electron chi connectivity index (χ2n) is 5.76. The summed E-state index contributed by atoms with van der Waals surface area (Å²) >= 11 is 0. The lowest BCUT2D eigenvalue weighted by molar-refractivity contribution is -0.180. The Morgan fingerprint density at radius 1 is 0.897 bits per heavy atom. The molecular formula is C21H21N3O5. The molecule has 150 valence electrons. The monoisotopic (exact) mass is 395 g/mol. The number of hydrazone groups is 1. The Hall–Kier alpha value is -3.94. The summed E-state index contributed by atoms with van der Waals surface area (Å²) in [4.78, 5) is 18.5. The van der Waals surface area contributed by atoms with Crippen molar-refractivity contribution in [3.8, 4) is 0 Å². The first kappa shape index (κ1) is 19.8. The molecule has 29 heavy (non-hydrogen) atoms. The molecule has 0 atom stereocenters. The molecule has 0 unspecified atom stereocenters. The zero-order valence-electron chi connectivity index (χ0n) is 16.3. The van der Waals surface area contributed by atoms with Crippen molar-refractivity contribution in [1.82, 2.24) is 10.7 Å². The van der Waals surface area contributed by atoms with Crippen molar-refractivity contribution in [3.63, 3.8) is 0 Å². The SMILES string of the molecule is COC(=O)C(ON1N=C(OC)C=C(OC)N1)=C(c1ccccc1)c1ccccc1. The molecule has 1 heterocycles. The maximum absolute atomic E-state index is 12.7. The third kappa shape index (κ3) is 4.67. The van der Waals surface area contributed by atoms with E-state index in [0.29, 0.717) is 11.5 Å². The molecule has 2 aromatic carbocycles. The van der Waals surface area contributed by atoms with Gasteiger partial charge in [0.15, 0.2) is 0 Å². The molecular weight excluding hydrogens is 374 g/mol. The quantitative estimate of drug-likeness (QED) is 0.458. The lowest BCUT2D eigenvalue weighted by atomic mass is 9.96. The van der Waals surface area contributed by atoms with Gasteiger partial charge in [0.1, 0.15) is 0 Å². The Morgan fingerprint density at radius 2 is 1.48 bits per heavy atom. The van der Waals surface area contributed by atoms with E-state index in [9.17, 15) is 4.79 Å². The molecule has 0 radical (unpaired) electrons. The highest BCUT2D eigenvalue weighted by atomic mass is 16.8. The smallest absolute Gasteiger partial charge is 0.377 e. The summed E-state index contributed by atoms with van der Waals surface area (Å²) in [6.07, 6.45) is 1.54. The first-order valence-electron chi connectivity index (χ1n) is 8.72. The van der Waals surface area contributed by atoms with Gasteiger partial charge >= 0.3 is 5.97 Å². The predicted molar refractivity (Wildman–Crippen MR) is 107 cm³/mol. The number of esters is 1. The largest absolute Gasteiger partial charge is 0.481 e. The molecule has 0 spiro atoms. The van der Waals surface area contributed by atoms with Gasteiger partial charge in [-0.25, -0.2) is 10.2 Å². The highest BCUT2D eigenvalue weighted by Crippen LogP contribution is 2.29. The summed E-state index contributed by atoms with van der Waals surface area (Å²) in [5, 5.41) is 5.10. The number of ether oxygens (including phenoxy) is 3. The first-order valence-corrected chi connectivity index (χ1v) is 8.72. The van der Waals surface area contributed by atoms with Crippen LogP contribution in [0, 0.1) is 0 Å². The zero-order chi connectivity index (χ0) is 20.6. The summed E-state index contributed by atoms with van der Waals surface area (Å²) in [5.74, 6) is -0.182. The number of carbonyl (C=O) groups excluding carboxylic acids is 1. The van der Waals surface area contributed by atoms with Crippen LogP contribution in [-0.4, -0.2) is 38.5 Å². The van der Waals surface area contributed by atoms with Crippen molar-refractivity contribution in [2.45, 2.75) is 0 Å². The molecule has 1 aliphatic rings. The van der Waals surface area contributed by atoms with Crippen LogP contribution in [0.2, 0.25) is 0 Å². The minimum Gasteiger partial charge on any atom is -0.481 e. The van der Waals surface area contributed by atoms with Crippen molar-refractivity contribution in [2.24, 2.45) is 5.10 Å². The average Bonchev–Trinajstić information content (AvgIpc) is 2.79. The molecule has 0 saturated heterocycles. The van der Waals surface area contributed by atoms with Crippen LogP contribution in [-0.2, 0) is 23.8 Å². The number of methoxy groups -OCH3 is 3. The summed E-state index contributed by atoms with van der Waals surface area (Å²) in [6.45, 7) is 0. The number of benzene rings is 2. The van der Waals surface area contributed by atoms with E-state index >= 15 is 0 Å². The predicted octanol–water partition coefficient (Wildman–Crippen LogP) is 2.82. The average molecular weight is 395 g/mol. The number of rotatable bonds is 6. The fraction of sp³-hybridized carbons (Fsp3) is 0.143. The standard InChI is InChI=1S/C21H21N3O5/c1-26-17-14-18(27-2)23-24(22-17)29-20(21(25)28-3)19(15-10-6-4-7-11-15)16-12-8-5-9-13-16/h4-14,22H,1-3H3. The van der Waals surface area contributed by atoms with Gasteiger partial charge in [0.05, 0.1) is 27.4 Å². The Balaban J connectivity index is 2.11. The van der Waals surface area contributed by atoms with Gasteiger partial charge in [-0.2, -0.15) is 0 Å². The maximum Gasteiger partial charge on any atom is 0.377 e. The molecule has 0 bridgehead atoms. The van der Waals surface area contributed by atoms with Gasteiger partial charge in [-0.05, 0) is 16.4 Å². The molecule has 0 aromatic heterocycles. The number of nitrogens with zero attached hydrogens (tertiary/aromatic N) is 2. The van der Waals surface area contributed by atoms with Gasteiger partial charge in [0, 0.05) is 5.57 Å². The Labute approximate surface area is 168 Å². The molecule has 0 aliphatic carbocycles. The molecule has 0 saturated carbocycles. The van der Waals surface area contributed by atoms with Gasteiger partial charge < -0.3 is 19.0 Å². The number of hydrogen-bond acceptors (Lipinski definition) is 8. The Kier molecular flexibility index (Phi) is 6.36. The van der Waals surface area contributed by atoms with E-state index in [1.165, 1.54) is 27.4 Å². The van der Waals surface area contributed by atoms with Crippen molar-refractivity contribution in [2.75, 3.05) is 21.3 Å². The van der Waals surface area contributed by atoms with Crippen LogP contribution in [0.3, 0.4) is 0 Å².